The first-order chi connectivity index (χ1) is 11.1. The molecule has 2 aliphatic rings. The topological polar surface area (TPSA) is 50.2 Å². The van der Waals surface area contributed by atoms with Gasteiger partial charge in [-0.15, -0.1) is 0 Å². The number of fused-ring (bicyclic) bond motifs is 1. The van der Waals surface area contributed by atoms with E-state index in [9.17, 15) is 9.18 Å². The van der Waals surface area contributed by atoms with E-state index in [0.29, 0.717) is 24.2 Å². The van der Waals surface area contributed by atoms with Gasteiger partial charge in [-0.25, -0.2) is 9.37 Å². The lowest BCUT2D eigenvalue weighted by Gasteiger charge is -2.28. The van der Waals surface area contributed by atoms with E-state index in [-0.39, 0.29) is 17.8 Å². The molecule has 6 heteroatoms. The highest BCUT2D eigenvalue weighted by Gasteiger charge is 2.47. The molecule has 3 heterocycles. The summed E-state index contributed by atoms with van der Waals surface area (Å²) in [5, 5.41) is 3.39. The molecule has 5 nitrogen and oxygen atoms in total. The number of hydrogen-bond donors (Lipinski definition) is 1. The summed E-state index contributed by atoms with van der Waals surface area (Å²) in [5.41, 5.74) is 0.865. The van der Waals surface area contributed by atoms with Crippen LogP contribution in [-0.4, -0.2) is 40.0 Å². The smallest absolute Gasteiger partial charge is 0.290 e. The first-order valence-corrected chi connectivity index (χ1v) is 7.89. The molecule has 120 valence electrons. The summed E-state index contributed by atoms with van der Waals surface area (Å²) in [6.45, 7) is 2.45. The van der Waals surface area contributed by atoms with Crippen LogP contribution in [0.25, 0.3) is 0 Å². The minimum Gasteiger partial charge on any atom is -0.330 e. The van der Waals surface area contributed by atoms with Crippen LogP contribution in [0, 0.1) is 17.7 Å². The van der Waals surface area contributed by atoms with Gasteiger partial charge < -0.3 is 14.8 Å². The summed E-state index contributed by atoms with van der Waals surface area (Å²) in [5.74, 6) is 0.815. The molecule has 0 spiro atoms. The maximum atomic E-state index is 13.7. The maximum Gasteiger partial charge on any atom is 0.290 e. The highest BCUT2D eigenvalue weighted by atomic mass is 19.1. The normalized spacial score (nSPS) is 26.5. The fourth-order valence-corrected chi connectivity index (χ4v) is 3.95. The summed E-state index contributed by atoms with van der Waals surface area (Å²) in [7, 11) is 1.82. The number of carbonyl (C=O) groups is 1. The Morgan fingerprint density at radius 1 is 1.39 bits per heavy atom. The first kappa shape index (κ1) is 14.4. The van der Waals surface area contributed by atoms with Crippen LogP contribution in [0.4, 0.5) is 4.39 Å². The summed E-state index contributed by atoms with van der Waals surface area (Å²) in [6.07, 6.45) is 3.39. The van der Waals surface area contributed by atoms with Crippen LogP contribution in [0.5, 0.6) is 0 Å². The third-order valence-electron chi connectivity index (χ3n) is 5.03. The van der Waals surface area contributed by atoms with Crippen molar-refractivity contribution in [2.24, 2.45) is 18.9 Å². The zero-order valence-electron chi connectivity index (χ0n) is 12.9. The highest BCUT2D eigenvalue weighted by molar-refractivity contribution is 5.91. The van der Waals surface area contributed by atoms with Gasteiger partial charge in [0.1, 0.15) is 5.82 Å². The van der Waals surface area contributed by atoms with E-state index in [2.05, 4.69) is 10.3 Å². The minimum atomic E-state index is -0.263. The van der Waals surface area contributed by atoms with Gasteiger partial charge >= 0.3 is 0 Å². The number of nitrogens with one attached hydrogen (secondary N) is 1. The Kier molecular flexibility index (Phi) is 3.41. The molecule has 1 N–H and O–H groups in total. The first-order valence-electron chi connectivity index (χ1n) is 7.89. The third kappa shape index (κ3) is 2.34. The Morgan fingerprint density at radius 2 is 2.26 bits per heavy atom. The lowest BCUT2D eigenvalue weighted by Crippen LogP contribution is -2.36. The molecule has 23 heavy (non-hydrogen) atoms. The zero-order valence-corrected chi connectivity index (χ0v) is 12.9. The molecule has 2 fully saturated rings. The summed E-state index contributed by atoms with van der Waals surface area (Å²) in [6, 6.07) is 6.50. The van der Waals surface area contributed by atoms with Gasteiger partial charge in [-0.1, -0.05) is 12.1 Å². The fraction of sp³-hybridized carbons (Fsp3) is 0.412. The summed E-state index contributed by atoms with van der Waals surface area (Å²) in [4.78, 5) is 19.0. The summed E-state index contributed by atoms with van der Waals surface area (Å²) >= 11 is 0. The van der Waals surface area contributed by atoms with Crippen LogP contribution in [0.2, 0.25) is 0 Å². The maximum absolute atomic E-state index is 13.7. The number of amides is 1. The molecular weight excluding hydrogens is 295 g/mol. The second-order valence-electron chi connectivity index (χ2n) is 6.40. The average Bonchev–Trinajstić information content (AvgIpc) is 3.21. The second-order valence-corrected chi connectivity index (χ2v) is 6.40. The highest BCUT2D eigenvalue weighted by Crippen LogP contribution is 2.43. The molecule has 1 amide bonds. The number of halogens is 1. The molecule has 2 aromatic rings. The van der Waals surface area contributed by atoms with Crippen molar-refractivity contribution in [1.82, 2.24) is 19.8 Å². The molecule has 0 unspecified atom stereocenters. The second kappa shape index (κ2) is 5.45. The molecular formula is C17H19FN4O. The van der Waals surface area contributed by atoms with Gasteiger partial charge in [0.2, 0.25) is 0 Å². The van der Waals surface area contributed by atoms with Crippen molar-refractivity contribution in [3.05, 3.63) is 53.9 Å². The number of hydrogen-bond acceptors (Lipinski definition) is 3. The van der Waals surface area contributed by atoms with E-state index in [1.807, 2.05) is 18.0 Å². The zero-order chi connectivity index (χ0) is 16.0. The number of benzene rings is 1. The molecule has 3 atom stereocenters. The van der Waals surface area contributed by atoms with E-state index in [0.717, 1.165) is 18.7 Å². The molecule has 0 aliphatic carbocycles. The molecule has 2 aliphatic heterocycles. The Labute approximate surface area is 134 Å². The predicted octanol–water partition coefficient (Wildman–Crippen LogP) is 1.59. The predicted molar refractivity (Wildman–Crippen MR) is 83.2 cm³/mol. The molecule has 4 rings (SSSR count). The number of imidazole rings is 1. The van der Waals surface area contributed by atoms with Crippen molar-refractivity contribution in [2.75, 3.05) is 19.6 Å². The van der Waals surface area contributed by atoms with Crippen LogP contribution in [0.3, 0.4) is 0 Å². The van der Waals surface area contributed by atoms with Crippen molar-refractivity contribution in [3.63, 3.8) is 0 Å². The fourth-order valence-electron chi connectivity index (χ4n) is 3.95. The van der Waals surface area contributed by atoms with Crippen molar-refractivity contribution in [1.29, 1.82) is 0 Å². The van der Waals surface area contributed by atoms with Crippen molar-refractivity contribution in [3.8, 4) is 0 Å². The van der Waals surface area contributed by atoms with Crippen LogP contribution < -0.4 is 5.32 Å². The number of carbonyl (C=O) groups excluding carboxylic acids is 1. The Hall–Kier alpha value is -2.21. The van der Waals surface area contributed by atoms with Crippen molar-refractivity contribution < 1.29 is 9.18 Å². The molecule has 0 bridgehead atoms. The summed E-state index contributed by atoms with van der Waals surface area (Å²) < 4.78 is 15.4. The van der Waals surface area contributed by atoms with Gasteiger partial charge in [-0.3, -0.25) is 4.79 Å². The molecule has 0 radical (unpaired) electrons. The van der Waals surface area contributed by atoms with E-state index in [1.165, 1.54) is 6.07 Å². The lowest BCUT2D eigenvalue weighted by molar-refractivity contribution is 0.0697. The van der Waals surface area contributed by atoms with Gasteiger partial charge in [-0.05, 0) is 23.6 Å². The third-order valence-corrected chi connectivity index (χ3v) is 5.03. The van der Waals surface area contributed by atoms with Crippen molar-refractivity contribution >= 4 is 5.91 Å². The number of nitrogens with zero attached hydrogens (tertiary/aromatic N) is 3. The van der Waals surface area contributed by atoms with E-state index >= 15 is 0 Å². The van der Waals surface area contributed by atoms with Gasteiger partial charge in [0.05, 0.1) is 6.04 Å². The van der Waals surface area contributed by atoms with Gasteiger partial charge in [0.25, 0.3) is 5.91 Å². The largest absolute Gasteiger partial charge is 0.330 e. The monoisotopic (exact) mass is 314 g/mol. The van der Waals surface area contributed by atoms with Gasteiger partial charge in [0.15, 0.2) is 5.82 Å². The quantitative estimate of drug-likeness (QED) is 0.916. The SMILES string of the molecule is Cn1ccnc1C(=O)N1C[C@@H]2CNC[C@@H]2[C@H]1c1cccc(F)c1. The van der Waals surface area contributed by atoms with Gasteiger partial charge in [-0.2, -0.15) is 0 Å². The number of aryl methyl sites for hydroxylation is 1. The van der Waals surface area contributed by atoms with Crippen LogP contribution in [-0.2, 0) is 7.05 Å². The molecule has 1 aromatic heterocycles. The van der Waals surface area contributed by atoms with Crippen LogP contribution in [0.1, 0.15) is 22.2 Å². The van der Waals surface area contributed by atoms with E-state index < -0.39 is 0 Å². The lowest BCUT2D eigenvalue weighted by atomic mass is 9.89. The Morgan fingerprint density at radius 3 is 3.00 bits per heavy atom. The average molecular weight is 314 g/mol. The van der Waals surface area contributed by atoms with E-state index in [1.54, 1.807) is 29.1 Å². The molecule has 1 aromatic carbocycles. The number of rotatable bonds is 2. The number of likely N-dealkylation sites (tertiary alicyclic amines) is 1. The van der Waals surface area contributed by atoms with Crippen LogP contribution in [0.15, 0.2) is 36.7 Å². The Bertz CT molecular complexity index is 744. The molecule has 0 saturated carbocycles. The van der Waals surface area contributed by atoms with Gasteiger partial charge in [0, 0.05) is 45.0 Å². The molecule has 2 saturated heterocycles. The minimum absolute atomic E-state index is 0.0823. The number of aromatic nitrogens is 2. The van der Waals surface area contributed by atoms with Crippen molar-refractivity contribution in [2.45, 2.75) is 6.04 Å². The van der Waals surface area contributed by atoms with E-state index in [4.69, 9.17) is 0 Å². The Balaban J connectivity index is 1.73. The standard InChI is InChI=1S/C17H19FN4O/c1-21-6-5-20-16(21)17(23)22-10-12-8-19-9-14(12)15(22)11-3-2-4-13(18)7-11/h2-7,12,14-15,19H,8-10H2,1H3/t12-,14-,15+/m0/s1. The van der Waals surface area contributed by atoms with Crippen LogP contribution >= 0.6 is 0 Å².